The number of nitrogens with two attached hydrogens (primary N) is 1. The van der Waals surface area contributed by atoms with E-state index in [0.29, 0.717) is 22.2 Å². The van der Waals surface area contributed by atoms with Crippen LogP contribution in [0.4, 0.5) is 18.9 Å². The summed E-state index contributed by atoms with van der Waals surface area (Å²) in [5.41, 5.74) is 7.26. The molecule has 2 aromatic carbocycles. The fourth-order valence-corrected chi connectivity index (χ4v) is 2.24. The molecule has 0 fully saturated rings. The molecule has 3 aromatic rings. The minimum absolute atomic E-state index is 0.0305. The van der Waals surface area contributed by atoms with E-state index >= 15 is 0 Å². The fraction of sp³-hybridized carbons (Fsp3) is 0.0625. The van der Waals surface area contributed by atoms with E-state index < -0.39 is 17.5 Å². The molecule has 0 spiro atoms. The van der Waals surface area contributed by atoms with Crippen LogP contribution in [0.25, 0.3) is 23.1 Å². The third-order valence-electron chi connectivity index (χ3n) is 3.37. The third-order valence-corrected chi connectivity index (χ3v) is 3.37. The van der Waals surface area contributed by atoms with Crippen molar-refractivity contribution in [2.45, 2.75) is 0 Å². The average molecular weight is 303 g/mol. The first-order valence-electron chi connectivity index (χ1n) is 6.50. The lowest BCUT2D eigenvalue weighted by atomic mass is 10.1. The molecule has 2 N–H and O–H groups in total. The summed E-state index contributed by atoms with van der Waals surface area (Å²) >= 11 is 0. The lowest BCUT2D eigenvalue weighted by Gasteiger charge is -1.98. The van der Waals surface area contributed by atoms with Crippen molar-refractivity contribution in [3.63, 3.8) is 0 Å². The maximum Gasteiger partial charge on any atom is 0.159 e. The average Bonchev–Trinajstić information content (AvgIpc) is 2.77. The number of fused-ring (bicyclic) bond motifs is 1. The summed E-state index contributed by atoms with van der Waals surface area (Å²) in [6.07, 6.45) is 3.25. The predicted octanol–water partition coefficient (Wildman–Crippen LogP) is 3.74. The van der Waals surface area contributed by atoms with Gasteiger partial charge in [0.25, 0.3) is 0 Å². The van der Waals surface area contributed by atoms with Gasteiger partial charge in [0.2, 0.25) is 0 Å². The molecule has 3 nitrogen and oxygen atoms in total. The van der Waals surface area contributed by atoms with Crippen LogP contribution in [0, 0.1) is 17.5 Å². The monoisotopic (exact) mass is 303 g/mol. The van der Waals surface area contributed by atoms with E-state index in [0.717, 1.165) is 12.1 Å². The molecule has 0 bridgehead atoms. The minimum atomic E-state index is -0.917. The van der Waals surface area contributed by atoms with E-state index in [1.165, 1.54) is 22.9 Å². The summed E-state index contributed by atoms with van der Waals surface area (Å²) in [5, 5.41) is 4.95. The van der Waals surface area contributed by atoms with Gasteiger partial charge in [-0.1, -0.05) is 12.1 Å². The van der Waals surface area contributed by atoms with Crippen LogP contribution >= 0.6 is 0 Å². The summed E-state index contributed by atoms with van der Waals surface area (Å²) in [4.78, 5) is 0. The van der Waals surface area contributed by atoms with Crippen LogP contribution in [0.15, 0.2) is 30.3 Å². The summed E-state index contributed by atoms with van der Waals surface area (Å²) < 4.78 is 41.1. The summed E-state index contributed by atoms with van der Waals surface area (Å²) in [6.45, 7) is 0. The number of benzene rings is 2. The number of nitrogen functional groups attached to an aromatic ring is 1. The molecule has 0 radical (unpaired) electrons. The van der Waals surface area contributed by atoms with Gasteiger partial charge in [0, 0.05) is 18.5 Å². The highest BCUT2D eigenvalue weighted by molar-refractivity contribution is 5.91. The Morgan fingerprint density at radius 1 is 1.00 bits per heavy atom. The van der Waals surface area contributed by atoms with Crippen molar-refractivity contribution in [3.8, 4) is 0 Å². The van der Waals surface area contributed by atoms with Crippen molar-refractivity contribution in [2.24, 2.45) is 7.05 Å². The molecule has 0 unspecified atom stereocenters. The molecule has 22 heavy (non-hydrogen) atoms. The standard InChI is InChI=1S/C16H12F3N3/c1-22-16-8-13(19)14(20)7-10(16)15(21-22)5-3-9-2-4-11(17)12(18)6-9/h2-8H,20H2,1H3/b5-3+. The second-order valence-corrected chi connectivity index (χ2v) is 4.91. The van der Waals surface area contributed by atoms with Crippen LogP contribution < -0.4 is 5.73 Å². The second-order valence-electron chi connectivity index (χ2n) is 4.91. The Labute approximate surface area is 124 Å². The molecule has 0 aliphatic heterocycles. The first kappa shape index (κ1) is 14.2. The summed E-state index contributed by atoms with van der Waals surface area (Å²) in [5.74, 6) is -2.32. The highest BCUT2D eigenvalue weighted by atomic mass is 19.2. The van der Waals surface area contributed by atoms with Crippen molar-refractivity contribution < 1.29 is 13.2 Å². The Balaban J connectivity index is 2.05. The molecular weight excluding hydrogens is 291 g/mol. The van der Waals surface area contributed by atoms with Gasteiger partial charge in [-0.3, -0.25) is 4.68 Å². The number of aryl methyl sites for hydroxylation is 1. The topological polar surface area (TPSA) is 43.8 Å². The van der Waals surface area contributed by atoms with Gasteiger partial charge in [-0.05, 0) is 29.8 Å². The molecule has 0 atom stereocenters. The molecular formula is C16H12F3N3. The van der Waals surface area contributed by atoms with E-state index in [1.54, 1.807) is 19.2 Å². The van der Waals surface area contributed by atoms with Crippen LogP contribution in [0.1, 0.15) is 11.3 Å². The molecule has 6 heteroatoms. The van der Waals surface area contributed by atoms with Crippen molar-refractivity contribution in [1.29, 1.82) is 0 Å². The van der Waals surface area contributed by atoms with E-state index in [4.69, 9.17) is 5.73 Å². The number of hydrogen-bond donors (Lipinski definition) is 1. The van der Waals surface area contributed by atoms with Gasteiger partial charge in [-0.2, -0.15) is 5.10 Å². The van der Waals surface area contributed by atoms with Crippen molar-refractivity contribution in [2.75, 3.05) is 5.73 Å². The highest BCUT2D eigenvalue weighted by Crippen LogP contribution is 2.25. The van der Waals surface area contributed by atoms with Crippen LogP contribution in [-0.4, -0.2) is 9.78 Å². The molecule has 0 aliphatic carbocycles. The number of halogens is 3. The first-order valence-corrected chi connectivity index (χ1v) is 6.50. The lowest BCUT2D eigenvalue weighted by Crippen LogP contribution is -1.92. The highest BCUT2D eigenvalue weighted by Gasteiger charge is 2.10. The molecule has 0 saturated carbocycles. The van der Waals surface area contributed by atoms with Gasteiger partial charge in [0.15, 0.2) is 11.6 Å². The van der Waals surface area contributed by atoms with Crippen molar-refractivity contribution in [1.82, 2.24) is 9.78 Å². The van der Waals surface area contributed by atoms with Gasteiger partial charge in [-0.25, -0.2) is 13.2 Å². The van der Waals surface area contributed by atoms with Crippen LogP contribution in [-0.2, 0) is 7.05 Å². The molecule has 0 amide bonds. The Morgan fingerprint density at radius 3 is 2.50 bits per heavy atom. The first-order chi connectivity index (χ1) is 10.5. The smallest absolute Gasteiger partial charge is 0.159 e. The molecule has 3 rings (SSSR count). The fourth-order valence-electron chi connectivity index (χ4n) is 2.24. The molecule has 0 aliphatic rings. The van der Waals surface area contributed by atoms with E-state index in [1.807, 2.05) is 0 Å². The predicted molar refractivity (Wildman–Crippen MR) is 80.4 cm³/mol. The quantitative estimate of drug-likeness (QED) is 0.733. The SMILES string of the molecule is Cn1nc(/C=C/c2ccc(F)c(F)c2)c2cc(N)c(F)cc21. The molecule has 1 heterocycles. The molecule has 0 saturated heterocycles. The normalized spacial score (nSPS) is 11.6. The van der Waals surface area contributed by atoms with E-state index in [9.17, 15) is 13.2 Å². The zero-order valence-corrected chi connectivity index (χ0v) is 11.6. The second kappa shape index (κ2) is 5.22. The van der Waals surface area contributed by atoms with E-state index in [2.05, 4.69) is 5.10 Å². The van der Waals surface area contributed by atoms with Gasteiger partial charge in [-0.15, -0.1) is 0 Å². The Kier molecular flexibility index (Phi) is 3.36. The van der Waals surface area contributed by atoms with Crippen molar-refractivity contribution in [3.05, 3.63) is 59.0 Å². The Hall–Kier alpha value is -2.76. The van der Waals surface area contributed by atoms with Gasteiger partial charge in [0.1, 0.15) is 5.82 Å². The third kappa shape index (κ3) is 2.43. The number of rotatable bonds is 2. The zero-order chi connectivity index (χ0) is 15.9. The maximum atomic E-state index is 13.5. The lowest BCUT2D eigenvalue weighted by molar-refractivity contribution is 0.508. The van der Waals surface area contributed by atoms with Crippen LogP contribution in [0.5, 0.6) is 0 Å². The minimum Gasteiger partial charge on any atom is -0.396 e. The number of nitrogens with zero attached hydrogens (tertiary/aromatic N) is 2. The van der Waals surface area contributed by atoms with Crippen LogP contribution in [0.2, 0.25) is 0 Å². The number of aromatic nitrogens is 2. The summed E-state index contributed by atoms with van der Waals surface area (Å²) in [6, 6.07) is 6.41. The van der Waals surface area contributed by atoms with Crippen LogP contribution in [0.3, 0.4) is 0 Å². The van der Waals surface area contributed by atoms with Gasteiger partial charge < -0.3 is 5.73 Å². The summed E-state index contributed by atoms with van der Waals surface area (Å²) in [7, 11) is 1.69. The van der Waals surface area contributed by atoms with Gasteiger partial charge >= 0.3 is 0 Å². The van der Waals surface area contributed by atoms with Crippen molar-refractivity contribution >= 4 is 28.7 Å². The largest absolute Gasteiger partial charge is 0.396 e. The zero-order valence-electron chi connectivity index (χ0n) is 11.6. The Morgan fingerprint density at radius 2 is 1.77 bits per heavy atom. The van der Waals surface area contributed by atoms with E-state index in [-0.39, 0.29) is 5.69 Å². The molecule has 1 aromatic heterocycles. The molecule has 112 valence electrons. The van der Waals surface area contributed by atoms with Gasteiger partial charge in [0.05, 0.1) is 16.9 Å². The number of anilines is 1. The maximum absolute atomic E-state index is 13.5. The Bertz CT molecular complexity index is 897. The number of hydrogen-bond acceptors (Lipinski definition) is 2.